The predicted molar refractivity (Wildman–Crippen MR) is 177 cm³/mol. The van der Waals surface area contributed by atoms with Gasteiger partial charge < -0.3 is 11.5 Å². The first-order valence-electron chi connectivity index (χ1n) is 13.5. The molecular weight excluding hydrogens is 629 g/mol. The molecule has 0 aliphatic carbocycles. The number of anilines is 2. The van der Waals surface area contributed by atoms with E-state index in [1.807, 2.05) is 0 Å². The summed E-state index contributed by atoms with van der Waals surface area (Å²) in [7, 11) is -9.26. The average Bonchev–Trinajstić information content (AvgIpc) is 3.03. The molecule has 6 rings (SSSR count). The number of hydrogen-bond donors (Lipinski definition) is 4. The van der Waals surface area contributed by atoms with Crippen molar-refractivity contribution in [3.8, 4) is 11.1 Å². The molecule has 6 N–H and O–H groups in total. The lowest BCUT2D eigenvalue weighted by atomic mass is 10.1. The van der Waals surface area contributed by atoms with Crippen molar-refractivity contribution in [3.05, 3.63) is 109 Å². The number of fused-ring (bicyclic) bond motifs is 2. The minimum absolute atomic E-state index is 0.0702. The van der Waals surface area contributed by atoms with Gasteiger partial charge in [-0.25, -0.2) is 0 Å². The van der Waals surface area contributed by atoms with Crippen LogP contribution in [0.5, 0.6) is 0 Å². The maximum atomic E-state index is 12.1. The summed E-state index contributed by atoms with van der Waals surface area (Å²) < 4.78 is 67.8. The molecule has 0 aliphatic heterocycles. The van der Waals surface area contributed by atoms with Gasteiger partial charge in [0.25, 0.3) is 20.2 Å². The van der Waals surface area contributed by atoms with E-state index in [0.29, 0.717) is 32.9 Å². The molecule has 6 aromatic carbocycles. The second kappa shape index (κ2) is 11.8. The van der Waals surface area contributed by atoms with Crippen LogP contribution in [-0.2, 0) is 20.2 Å². The molecule has 0 unspecified atom stereocenters. The Morgan fingerprint density at radius 1 is 0.478 bits per heavy atom. The molecule has 12 nitrogen and oxygen atoms in total. The van der Waals surface area contributed by atoms with Gasteiger partial charge >= 0.3 is 0 Å². The summed E-state index contributed by atoms with van der Waals surface area (Å²) in [5, 5.41) is 18.6. The van der Waals surface area contributed by atoms with Crippen LogP contribution in [0, 0.1) is 0 Å². The summed E-state index contributed by atoms with van der Waals surface area (Å²) in [5.74, 6) is 0. The average molecular weight is 653 g/mol. The molecule has 0 atom stereocenters. The Morgan fingerprint density at radius 2 is 0.826 bits per heavy atom. The molecule has 0 fully saturated rings. The number of nitrogens with zero attached hydrogens (tertiary/aromatic N) is 4. The maximum Gasteiger partial charge on any atom is 0.296 e. The molecule has 0 radical (unpaired) electrons. The Labute approximate surface area is 263 Å². The largest absolute Gasteiger partial charge is 0.396 e. The van der Waals surface area contributed by atoms with Crippen LogP contribution in [0.1, 0.15) is 0 Å². The van der Waals surface area contributed by atoms with Gasteiger partial charge in [-0.15, -0.1) is 10.2 Å². The van der Waals surface area contributed by atoms with Gasteiger partial charge in [0.05, 0.1) is 22.7 Å². The van der Waals surface area contributed by atoms with E-state index < -0.39 is 30.0 Å². The second-order valence-electron chi connectivity index (χ2n) is 10.2. The molecule has 0 saturated heterocycles. The third kappa shape index (κ3) is 6.05. The van der Waals surface area contributed by atoms with Crippen LogP contribution in [0.15, 0.2) is 139 Å². The Kier molecular flexibility index (Phi) is 7.79. The number of nitrogen functional groups attached to an aromatic ring is 2. The van der Waals surface area contributed by atoms with Crippen LogP contribution in [0.4, 0.5) is 34.1 Å². The number of benzene rings is 6. The first kappa shape index (κ1) is 30.5. The van der Waals surface area contributed by atoms with Crippen molar-refractivity contribution in [1.29, 1.82) is 0 Å². The Balaban J connectivity index is 1.25. The van der Waals surface area contributed by atoms with Crippen molar-refractivity contribution in [2.24, 2.45) is 20.5 Å². The first-order chi connectivity index (χ1) is 21.9. The Hall–Kier alpha value is -5.54. The summed E-state index contributed by atoms with van der Waals surface area (Å²) in [5.41, 5.74) is 14.7. The number of hydrogen-bond acceptors (Lipinski definition) is 10. The fourth-order valence-corrected chi connectivity index (χ4v) is 6.27. The molecule has 0 bridgehead atoms. The van der Waals surface area contributed by atoms with Crippen molar-refractivity contribution >= 4 is 75.9 Å². The van der Waals surface area contributed by atoms with Gasteiger partial charge in [-0.2, -0.15) is 27.1 Å². The van der Waals surface area contributed by atoms with Crippen LogP contribution < -0.4 is 11.5 Å². The third-order valence-electron chi connectivity index (χ3n) is 7.21. The van der Waals surface area contributed by atoms with Crippen LogP contribution in [-0.4, -0.2) is 25.9 Å². The van der Waals surface area contributed by atoms with Gasteiger partial charge in [0.1, 0.15) is 21.2 Å². The second-order valence-corrected chi connectivity index (χ2v) is 12.9. The van der Waals surface area contributed by atoms with Crippen LogP contribution in [0.2, 0.25) is 0 Å². The van der Waals surface area contributed by atoms with Gasteiger partial charge in [0.15, 0.2) is 0 Å². The topological polar surface area (TPSA) is 210 Å². The minimum Gasteiger partial charge on any atom is -0.396 e. The Bertz CT molecular complexity index is 2260. The zero-order chi connectivity index (χ0) is 32.6. The van der Waals surface area contributed by atoms with Crippen LogP contribution >= 0.6 is 0 Å². The van der Waals surface area contributed by atoms with E-state index in [0.717, 1.165) is 11.1 Å². The highest BCUT2D eigenvalue weighted by molar-refractivity contribution is 7.86. The molecule has 46 heavy (non-hydrogen) atoms. The lowest BCUT2D eigenvalue weighted by molar-refractivity contribution is 0.481. The molecule has 0 saturated carbocycles. The van der Waals surface area contributed by atoms with Gasteiger partial charge in [-0.05, 0) is 58.3 Å². The van der Waals surface area contributed by atoms with E-state index in [1.165, 1.54) is 12.1 Å². The quantitative estimate of drug-likeness (QED) is 0.0749. The highest BCUT2D eigenvalue weighted by atomic mass is 32.2. The van der Waals surface area contributed by atoms with Crippen molar-refractivity contribution in [2.45, 2.75) is 9.79 Å². The van der Waals surface area contributed by atoms with Gasteiger partial charge in [0.2, 0.25) is 0 Å². The number of rotatable bonds is 7. The van der Waals surface area contributed by atoms with Crippen LogP contribution in [0.3, 0.4) is 0 Å². The summed E-state index contributed by atoms with van der Waals surface area (Å²) in [6.45, 7) is 0. The molecule has 0 spiro atoms. The molecule has 0 aliphatic rings. The predicted octanol–water partition coefficient (Wildman–Crippen LogP) is 8.15. The summed E-state index contributed by atoms with van der Waals surface area (Å²) in [4.78, 5) is -0.891. The maximum absolute atomic E-state index is 12.1. The highest BCUT2D eigenvalue weighted by Gasteiger charge is 2.22. The van der Waals surface area contributed by atoms with Crippen molar-refractivity contribution in [2.75, 3.05) is 11.5 Å². The first-order valence-corrected chi connectivity index (χ1v) is 16.4. The monoisotopic (exact) mass is 652 g/mol. The molecule has 230 valence electrons. The number of azo groups is 2. The fourth-order valence-electron chi connectivity index (χ4n) is 4.93. The lowest BCUT2D eigenvalue weighted by Gasteiger charge is -2.09. The van der Waals surface area contributed by atoms with Gasteiger partial charge in [-0.1, -0.05) is 72.8 Å². The zero-order valence-electron chi connectivity index (χ0n) is 23.7. The van der Waals surface area contributed by atoms with Crippen LogP contribution in [0.25, 0.3) is 32.7 Å². The van der Waals surface area contributed by atoms with Crippen molar-refractivity contribution in [1.82, 2.24) is 0 Å². The summed E-state index contributed by atoms with van der Waals surface area (Å²) in [6.07, 6.45) is 0. The number of nitrogens with two attached hydrogens (primary N) is 2. The van der Waals surface area contributed by atoms with Gasteiger partial charge in [-0.3, -0.25) is 9.11 Å². The van der Waals surface area contributed by atoms with E-state index in [4.69, 9.17) is 11.5 Å². The molecular formula is C32H24N6O6S2. The van der Waals surface area contributed by atoms with Crippen molar-refractivity contribution in [3.63, 3.8) is 0 Å². The van der Waals surface area contributed by atoms with E-state index in [-0.39, 0.29) is 22.7 Å². The Morgan fingerprint density at radius 3 is 1.17 bits per heavy atom. The van der Waals surface area contributed by atoms with E-state index >= 15 is 0 Å². The molecule has 0 amide bonds. The zero-order valence-corrected chi connectivity index (χ0v) is 25.3. The normalized spacial score (nSPS) is 12.5. The van der Waals surface area contributed by atoms with E-state index in [1.54, 1.807) is 97.1 Å². The van der Waals surface area contributed by atoms with Gasteiger partial charge in [0, 0.05) is 10.8 Å². The smallest absolute Gasteiger partial charge is 0.296 e. The van der Waals surface area contributed by atoms with Crippen molar-refractivity contribution < 1.29 is 25.9 Å². The molecule has 0 aromatic heterocycles. The summed E-state index contributed by atoms with van der Waals surface area (Å²) in [6, 6.07) is 30.2. The molecule has 14 heteroatoms. The lowest BCUT2D eigenvalue weighted by Crippen LogP contribution is -2.01. The molecule has 0 heterocycles. The van der Waals surface area contributed by atoms with E-state index in [2.05, 4.69) is 20.5 Å². The van der Waals surface area contributed by atoms with E-state index in [9.17, 15) is 25.9 Å². The standard InChI is InChI=1S/C32H24N6O6S2/c33-29-25-7-3-1-5-21(25)17-27(45(39,40)41)31(29)37-35-23-13-9-19(10-14-23)20-11-15-24(16-12-20)36-38-32-28(46(42,43)44)18-22-6-2-4-8-26(22)30(32)34/h1-18H,33-34H2,(H,39,40,41)(H,42,43,44)/b37-35+,38-36+. The molecule has 6 aromatic rings. The fraction of sp³-hybridized carbons (Fsp3) is 0. The highest BCUT2D eigenvalue weighted by Crippen LogP contribution is 2.40. The SMILES string of the molecule is Nc1c(/N=N/c2ccc(-c3ccc(/N=N/c4c(S(=O)(=O)O)cc5ccccc5c4N)cc3)cc2)c(S(=O)(=O)O)cc2ccccc12. The third-order valence-corrected chi connectivity index (χ3v) is 8.94. The summed E-state index contributed by atoms with van der Waals surface area (Å²) >= 11 is 0. The minimum atomic E-state index is -4.63.